The van der Waals surface area contributed by atoms with E-state index in [0.717, 1.165) is 17.5 Å². The van der Waals surface area contributed by atoms with E-state index in [1.807, 2.05) is 19.2 Å². The van der Waals surface area contributed by atoms with Crippen LogP contribution in [0.5, 0.6) is 11.5 Å². The maximum Gasteiger partial charge on any atom is 0.197 e. The van der Waals surface area contributed by atoms with Gasteiger partial charge in [0.1, 0.15) is 5.60 Å². The molecular weight excluding hydrogens is 282 g/mol. The van der Waals surface area contributed by atoms with Crippen LogP contribution in [0, 0.1) is 0 Å². The van der Waals surface area contributed by atoms with Crippen LogP contribution in [0.15, 0.2) is 24.3 Å². The monoisotopic (exact) mass is 299 g/mol. The van der Waals surface area contributed by atoms with Crippen LogP contribution < -0.4 is 9.47 Å². The highest BCUT2D eigenvalue weighted by atomic mass is 16.5. The van der Waals surface area contributed by atoms with Crippen LogP contribution >= 0.6 is 0 Å². The van der Waals surface area contributed by atoms with E-state index in [0.29, 0.717) is 18.0 Å². The molecule has 2 aliphatic carbocycles. The van der Waals surface area contributed by atoms with E-state index in [1.54, 1.807) is 13.2 Å². The second-order valence-corrected chi connectivity index (χ2v) is 6.80. The van der Waals surface area contributed by atoms with Gasteiger partial charge in [-0.25, -0.2) is 0 Å². The summed E-state index contributed by atoms with van der Waals surface area (Å²) in [7, 11) is 3.60. The third-order valence-electron chi connectivity index (χ3n) is 5.98. The predicted octanol–water partition coefficient (Wildman–Crippen LogP) is 0.434. The van der Waals surface area contributed by atoms with Crippen LogP contribution in [0.2, 0.25) is 0 Å². The fourth-order valence-electron chi connectivity index (χ4n) is 5.10. The number of likely N-dealkylation sites (N-methyl/N-ethyl adjacent to an activating group) is 1. The van der Waals surface area contributed by atoms with Crippen LogP contribution in [0.1, 0.15) is 11.1 Å². The molecule has 4 atom stereocenters. The van der Waals surface area contributed by atoms with Crippen LogP contribution in [0.25, 0.3) is 0 Å². The summed E-state index contributed by atoms with van der Waals surface area (Å²) in [6.07, 6.45) is 3.26. The molecule has 0 amide bonds. The number of nitrogens with zero attached hydrogens (tertiary/aromatic N) is 1. The molecule has 22 heavy (non-hydrogen) atoms. The van der Waals surface area contributed by atoms with Gasteiger partial charge in [0.15, 0.2) is 23.4 Å². The minimum absolute atomic E-state index is 0.0326. The number of methoxy groups -OCH3 is 1. The van der Waals surface area contributed by atoms with Crippen molar-refractivity contribution in [2.24, 2.45) is 0 Å². The summed E-state index contributed by atoms with van der Waals surface area (Å²) in [6.45, 7) is 0.613. The van der Waals surface area contributed by atoms with Gasteiger partial charge in [0, 0.05) is 18.2 Å². The normalized spacial score (nSPS) is 40.6. The number of benzene rings is 1. The zero-order chi connectivity index (χ0) is 15.3. The molecule has 5 nitrogen and oxygen atoms in total. The van der Waals surface area contributed by atoms with Crippen molar-refractivity contribution in [2.75, 3.05) is 20.7 Å². The predicted molar refractivity (Wildman–Crippen MR) is 78.3 cm³/mol. The Labute approximate surface area is 128 Å². The Morgan fingerprint density at radius 2 is 2.27 bits per heavy atom. The standard InChI is InChI=1S/C17H17NO4/c1-18-8-16-13-9-3-4-11(21-2)14(13)22-15(16)10(19)5-6-17(16,20)12(18)7-9/h3-6,12,15,20H,7-8H2,1-2H3/t12-,15?,16?,17-/m1/s1. The number of ketones is 1. The highest BCUT2D eigenvalue weighted by Crippen LogP contribution is 2.63. The Morgan fingerprint density at radius 1 is 1.45 bits per heavy atom. The van der Waals surface area contributed by atoms with Gasteiger partial charge in [0.25, 0.3) is 0 Å². The SMILES string of the molecule is COc1ccc2c3c1OC1C(=O)C=C[C@@]4(O)[C@@H](C2)N(C)CC314. The van der Waals surface area contributed by atoms with E-state index in [-0.39, 0.29) is 11.8 Å². The van der Waals surface area contributed by atoms with Crippen LogP contribution in [0.3, 0.4) is 0 Å². The molecule has 2 bridgehead atoms. The second kappa shape index (κ2) is 3.55. The molecule has 2 unspecified atom stereocenters. The lowest BCUT2D eigenvalue weighted by atomic mass is 9.57. The van der Waals surface area contributed by atoms with Gasteiger partial charge < -0.3 is 14.6 Å². The number of carbonyl (C=O) groups is 1. The largest absolute Gasteiger partial charge is 0.493 e. The van der Waals surface area contributed by atoms with Gasteiger partial charge in [-0.1, -0.05) is 6.07 Å². The lowest BCUT2D eigenvalue weighted by molar-refractivity contribution is -0.129. The molecule has 1 spiro atoms. The number of ether oxygens (including phenoxy) is 2. The van der Waals surface area contributed by atoms with E-state index in [9.17, 15) is 9.90 Å². The quantitative estimate of drug-likeness (QED) is 0.815. The first-order valence-electron chi connectivity index (χ1n) is 7.55. The fourth-order valence-corrected chi connectivity index (χ4v) is 5.10. The Balaban J connectivity index is 1.90. The fraction of sp³-hybridized carbons (Fsp3) is 0.471. The average Bonchev–Trinajstić information content (AvgIpc) is 2.90. The Bertz CT molecular complexity index is 757. The van der Waals surface area contributed by atoms with Gasteiger partial charge in [-0.05, 0) is 37.3 Å². The molecule has 2 aliphatic heterocycles. The Hall–Kier alpha value is -1.85. The molecule has 5 heteroatoms. The third kappa shape index (κ3) is 1.05. The van der Waals surface area contributed by atoms with Crippen molar-refractivity contribution in [3.63, 3.8) is 0 Å². The molecule has 1 N–H and O–H groups in total. The molecule has 1 fully saturated rings. The average molecular weight is 299 g/mol. The van der Waals surface area contributed by atoms with Gasteiger partial charge in [0.05, 0.1) is 12.5 Å². The molecule has 5 rings (SSSR count). The number of hydrogen-bond donors (Lipinski definition) is 1. The van der Waals surface area contributed by atoms with Gasteiger partial charge in [-0.2, -0.15) is 0 Å². The molecule has 114 valence electrons. The molecule has 0 radical (unpaired) electrons. The van der Waals surface area contributed by atoms with Gasteiger partial charge in [-0.15, -0.1) is 0 Å². The van der Waals surface area contributed by atoms with E-state index in [4.69, 9.17) is 9.47 Å². The summed E-state index contributed by atoms with van der Waals surface area (Å²) in [6, 6.07) is 3.90. The second-order valence-electron chi connectivity index (χ2n) is 6.80. The zero-order valence-corrected chi connectivity index (χ0v) is 12.5. The molecule has 1 aromatic rings. The van der Waals surface area contributed by atoms with Crippen LogP contribution in [-0.4, -0.2) is 54.2 Å². The third-order valence-corrected chi connectivity index (χ3v) is 5.98. The van der Waals surface area contributed by atoms with E-state index >= 15 is 0 Å². The first kappa shape index (κ1) is 12.7. The number of rotatable bonds is 1. The highest BCUT2D eigenvalue weighted by molar-refractivity contribution is 5.99. The van der Waals surface area contributed by atoms with Crippen molar-refractivity contribution < 1.29 is 19.4 Å². The van der Waals surface area contributed by atoms with E-state index in [2.05, 4.69) is 4.90 Å². The van der Waals surface area contributed by atoms with E-state index in [1.165, 1.54) is 6.08 Å². The van der Waals surface area contributed by atoms with Crippen LogP contribution in [-0.2, 0) is 16.6 Å². The zero-order valence-electron chi connectivity index (χ0n) is 12.5. The first-order chi connectivity index (χ1) is 10.5. The number of likely N-dealkylation sites (tertiary alicyclic amines) is 1. The van der Waals surface area contributed by atoms with Gasteiger partial charge in [-0.3, -0.25) is 9.69 Å². The summed E-state index contributed by atoms with van der Waals surface area (Å²) in [4.78, 5) is 14.6. The molecule has 0 aromatic heterocycles. The van der Waals surface area contributed by atoms with Crippen molar-refractivity contribution in [3.8, 4) is 11.5 Å². The lowest BCUT2D eigenvalue weighted by Gasteiger charge is -2.47. The van der Waals surface area contributed by atoms with Crippen molar-refractivity contribution in [3.05, 3.63) is 35.4 Å². The van der Waals surface area contributed by atoms with E-state index < -0.39 is 17.1 Å². The molecule has 2 heterocycles. The maximum atomic E-state index is 12.5. The van der Waals surface area contributed by atoms with Crippen molar-refractivity contribution in [1.29, 1.82) is 0 Å². The lowest BCUT2D eigenvalue weighted by Crippen LogP contribution is -2.64. The summed E-state index contributed by atoms with van der Waals surface area (Å²) in [5.41, 5.74) is 0.346. The highest BCUT2D eigenvalue weighted by Gasteiger charge is 2.74. The summed E-state index contributed by atoms with van der Waals surface area (Å²) in [5.74, 6) is 1.18. The number of hydrogen-bond acceptors (Lipinski definition) is 5. The molecule has 0 saturated carbocycles. The molecular formula is C17H17NO4. The summed E-state index contributed by atoms with van der Waals surface area (Å²) >= 11 is 0. The Kier molecular flexibility index (Phi) is 2.04. The van der Waals surface area contributed by atoms with Crippen molar-refractivity contribution in [1.82, 2.24) is 4.90 Å². The Morgan fingerprint density at radius 3 is 3.05 bits per heavy atom. The smallest absolute Gasteiger partial charge is 0.197 e. The van der Waals surface area contributed by atoms with Gasteiger partial charge >= 0.3 is 0 Å². The number of aliphatic hydroxyl groups is 1. The minimum Gasteiger partial charge on any atom is -0.493 e. The van der Waals surface area contributed by atoms with Crippen LogP contribution in [0.4, 0.5) is 0 Å². The minimum atomic E-state index is -1.06. The molecule has 1 aromatic carbocycles. The number of carbonyl (C=O) groups excluding carboxylic acids is 1. The summed E-state index contributed by atoms with van der Waals surface area (Å²) < 4.78 is 11.5. The molecule has 1 saturated heterocycles. The van der Waals surface area contributed by atoms with Crippen molar-refractivity contribution >= 4 is 5.78 Å². The first-order valence-corrected chi connectivity index (χ1v) is 7.55. The molecule has 4 aliphatic rings. The summed E-state index contributed by atoms with van der Waals surface area (Å²) in [5, 5.41) is 11.5. The maximum absolute atomic E-state index is 12.5. The van der Waals surface area contributed by atoms with Crippen molar-refractivity contribution in [2.45, 2.75) is 29.6 Å². The van der Waals surface area contributed by atoms with Gasteiger partial charge in [0.2, 0.25) is 0 Å². The topological polar surface area (TPSA) is 59.0 Å².